The van der Waals surface area contributed by atoms with Gasteiger partial charge in [-0.1, -0.05) is 23.4 Å². The van der Waals surface area contributed by atoms with Gasteiger partial charge in [0.2, 0.25) is 5.91 Å². The van der Waals surface area contributed by atoms with Crippen LogP contribution in [0.5, 0.6) is 0 Å². The topological polar surface area (TPSA) is 83.8 Å². The molecule has 3 aromatic heterocycles. The lowest BCUT2D eigenvalue weighted by Crippen LogP contribution is -2.24. The van der Waals surface area contributed by atoms with Gasteiger partial charge >= 0.3 is 0 Å². The number of aromatic amines is 1. The number of halogens is 1. The Morgan fingerprint density at radius 1 is 1.52 bits per heavy atom. The molecule has 0 bridgehead atoms. The third-order valence-corrected chi connectivity index (χ3v) is 3.74. The van der Waals surface area contributed by atoms with Crippen LogP contribution in [0.25, 0.3) is 11.2 Å². The van der Waals surface area contributed by atoms with Crippen molar-refractivity contribution in [3.63, 3.8) is 0 Å². The molecule has 0 radical (unpaired) electrons. The highest BCUT2D eigenvalue weighted by atomic mass is 35.5. The first-order chi connectivity index (χ1) is 10.2. The maximum absolute atomic E-state index is 11.7. The number of carbonyl (C=O) groups excluding carboxylic acids is 1. The summed E-state index contributed by atoms with van der Waals surface area (Å²) in [5.74, 6) is 0.882. The van der Waals surface area contributed by atoms with E-state index >= 15 is 0 Å². The molecule has 6 nitrogen and oxygen atoms in total. The highest BCUT2D eigenvalue weighted by Crippen LogP contribution is 2.20. The summed E-state index contributed by atoms with van der Waals surface area (Å²) in [6.07, 6.45) is 3.11. The van der Waals surface area contributed by atoms with Gasteiger partial charge < -0.3 is 14.7 Å². The normalized spacial score (nSPS) is 10.9. The SMILES string of the molecule is O=C(CSc1nc2ncc(Cl)cc2[nH]1)NCc1ccco1. The molecule has 0 atom stereocenters. The van der Waals surface area contributed by atoms with Gasteiger partial charge in [-0.15, -0.1) is 0 Å². The lowest BCUT2D eigenvalue weighted by Gasteiger charge is -2.01. The van der Waals surface area contributed by atoms with Gasteiger partial charge in [0.05, 0.1) is 29.1 Å². The number of carbonyl (C=O) groups is 1. The van der Waals surface area contributed by atoms with Crippen LogP contribution in [0.1, 0.15) is 5.76 Å². The minimum absolute atomic E-state index is 0.0946. The summed E-state index contributed by atoms with van der Waals surface area (Å²) in [6, 6.07) is 5.34. The Hall–Kier alpha value is -1.99. The number of fused-ring (bicyclic) bond motifs is 1. The van der Waals surface area contributed by atoms with Crippen LogP contribution in [-0.4, -0.2) is 26.6 Å². The summed E-state index contributed by atoms with van der Waals surface area (Å²) in [5.41, 5.74) is 1.33. The monoisotopic (exact) mass is 322 g/mol. The van der Waals surface area contributed by atoms with Crippen molar-refractivity contribution >= 4 is 40.4 Å². The molecule has 8 heteroatoms. The second kappa shape index (κ2) is 6.19. The van der Waals surface area contributed by atoms with Crippen LogP contribution in [0.15, 0.2) is 40.2 Å². The summed E-state index contributed by atoms with van der Waals surface area (Å²) in [6.45, 7) is 0.379. The molecule has 0 saturated heterocycles. The smallest absolute Gasteiger partial charge is 0.230 e. The Kier molecular flexibility index (Phi) is 4.12. The van der Waals surface area contributed by atoms with E-state index in [-0.39, 0.29) is 11.7 Å². The number of hydrogen-bond donors (Lipinski definition) is 2. The molecular formula is C13H11ClN4O2S. The fourth-order valence-electron chi connectivity index (χ4n) is 1.70. The van der Waals surface area contributed by atoms with Crippen LogP contribution in [0.4, 0.5) is 0 Å². The zero-order chi connectivity index (χ0) is 14.7. The quantitative estimate of drug-likeness (QED) is 0.705. The van der Waals surface area contributed by atoms with Crippen LogP contribution in [0.3, 0.4) is 0 Å². The van der Waals surface area contributed by atoms with E-state index in [0.717, 1.165) is 11.3 Å². The van der Waals surface area contributed by atoms with Crippen LogP contribution in [0, 0.1) is 0 Å². The van der Waals surface area contributed by atoms with Gasteiger partial charge in [-0.05, 0) is 18.2 Å². The minimum Gasteiger partial charge on any atom is -0.467 e. The second-order valence-corrected chi connectivity index (χ2v) is 5.61. The molecule has 108 valence electrons. The van der Waals surface area contributed by atoms with E-state index in [0.29, 0.717) is 22.4 Å². The molecule has 3 rings (SSSR count). The summed E-state index contributed by atoms with van der Waals surface area (Å²) >= 11 is 7.16. The number of H-pyrrole nitrogens is 1. The number of thioether (sulfide) groups is 1. The third kappa shape index (κ3) is 3.56. The molecule has 21 heavy (non-hydrogen) atoms. The Balaban J connectivity index is 1.54. The average Bonchev–Trinajstić information content (AvgIpc) is 3.11. The lowest BCUT2D eigenvalue weighted by atomic mass is 10.4. The molecule has 0 saturated carbocycles. The first-order valence-corrected chi connectivity index (χ1v) is 7.50. The van der Waals surface area contributed by atoms with Crippen LogP contribution in [-0.2, 0) is 11.3 Å². The van der Waals surface area contributed by atoms with E-state index in [2.05, 4.69) is 20.3 Å². The van der Waals surface area contributed by atoms with Gasteiger partial charge in [0.15, 0.2) is 10.8 Å². The van der Waals surface area contributed by atoms with Gasteiger partial charge in [-0.25, -0.2) is 9.97 Å². The fraction of sp³-hybridized carbons (Fsp3) is 0.154. The van der Waals surface area contributed by atoms with E-state index < -0.39 is 0 Å². The number of nitrogens with one attached hydrogen (secondary N) is 2. The standard InChI is InChI=1S/C13H11ClN4O2S/c14-8-4-10-12(16-5-8)18-13(17-10)21-7-11(19)15-6-9-2-1-3-20-9/h1-5H,6-7H2,(H,15,19)(H,16,17,18). The van der Waals surface area contributed by atoms with E-state index in [9.17, 15) is 4.79 Å². The van der Waals surface area contributed by atoms with Gasteiger partial charge in [0.1, 0.15) is 5.76 Å². The van der Waals surface area contributed by atoms with Crippen molar-refractivity contribution in [1.29, 1.82) is 0 Å². The van der Waals surface area contributed by atoms with Crippen molar-refractivity contribution in [3.05, 3.63) is 41.4 Å². The van der Waals surface area contributed by atoms with E-state index in [1.165, 1.54) is 18.0 Å². The second-order valence-electron chi connectivity index (χ2n) is 4.21. The number of furan rings is 1. The number of imidazole rings is 1. The molecule has 0 unspecified atom stereocenters. The summed E-state index contributed by atoms with van der Waals surface area (Å²) in [5, 5.41) is 3.94. The maximum atomic E-state index is 11.7. The minimum atomic E-state index is -0.0946. The predicted molar refractivity (Wildman–Crippen MR) is 80.2 cm³/mol. The number of rotatable bonds is 5. The predicted octanol–water partition coefficient (Wildman–Crippen LogP) is 2.61. The summed E-state index contributed by atoms with van der Waals surface area (Å²) < 4.78 is 5.14. The van der Waals surface area contributed by atoms with Crippen LogP contribution >= 0.6 is 23.4 Å². The molecule has 3 heterocycles. The van der Waals surface area contributed by atoms with E-state index in [1.54, 1.807) is 18.4 Å². The van der Waals surface area contributed by atoms with Crippen molar-refractivity contribution in [2.24, 2.45) is 0 Å². The highest BCUT2D eigenvalue weighted by Gasteiger charge is 2.08. The zero-order valence-electron chi connectivity index (χ0n) is 10.8. The highest BCUT2D eigenvalue weighted by molar-refractivity contribution is 7.99. The zero-order valence-corrected chi connectivity index (χ0v) is 12.4. The van der Waals surface area contributed by atoms with Crippen molar-refractivity contribution in [1.82, 2.24) is 20.3 Å². The van der Waals surface area contributed by atoms with Crippen LogP contribution in [0.2, 0.25) is 5.02 Å². The third-order valence-electron chi connectivity index (χ3n) is 2.66. The van der Waals surface area contributed by atoms with Gasteiger partial charge in [0.25, 0.3) is 0 Å². The first kappa shape index (κ1) is 14.0. The van der Waals surface area contributed by atoms with Crippen molar-refractivity contribution < 1.29 is 9.21 Å². The Bertz CT molecular complexity index is 757. The number of amides is 1. The number of pyridine rings is 1. The molecule has 1 amide bonds. The number of aromatic nitrogens is 3. The largest absolute Gasteiger partial charge is 0.467 e. The molecular weight excluding hydrogens is 312 g/mol. The molecule has 0 spiro atoms. The average molecular weight is 323 g/mol. The van der Waals surface area contributed by atoms with Gasteiger partial charge in [-0.2, -0.15) is 0 Å². The lowest BCUT2D eigenvalue weighted by molar-refractivity contribution is -0.118. The number of nitrogens with zero attached hydrogens (tertiary/aromatic N) is 2. The Labute approximate surface area is 129 Å². The Morgan fingerprint density at radius 3 is 3.24 bits per heavy atom. The van der Waals surface area contributed by atoms with Crippen molar-refractivity contribution in [2.75, 3.05) is 5.75 Å². The van der Waals surface area contributed by atoms with Crippen molar-refractivity contribution in [2.45, 2.75) is 11.7 Å². The first-order valence-electron chi connectivity index (χ1n) is 6.14. The molecule has 0 fully saturated rings. The summed E-state index contributed by atoms with van der Waals surface area (Å²) in [4.78, 5) is 23.2. The van der Waals surface area contributed by atoms with Crippen LogP contribution < -0.4 is 5.32 Å². The fourth-order valence-corrected chi connectivity index (χ4v) is 2.57. The molecule has 0 aliphatic carbocycles. The molecule has 2 N–H and O–H groups in total. The van der Waals surface area contributed by atoms with Gasteiger partial charge in [-0.3, -0.25) is 4.79 Å². The van der Waals surface area contributed by atoms with Crippen molar-refractivity contribution in [3.8, 4) is 0 Å². The number of hydrogen-bond acceptors (Lipinski definition) is 5. The molecule has 0 aliphatic rings. The Morgan fingerprint density at radius 2 is 2.43 bits per heavy atom. The summed E-state index contributed by atoms with van der Waals surface area (Å²) in [7, 11) is 0. The van der Waals surface area contributed by atoms with E-state index in [1.807, 2.05) is 6.07 Å². The molecule has 3 aromatic rings. The van der Waals surface area contributed by atoms with E-state index in [4.69, 9.17) is 16.0 Å². The van der Waals surface area contributed by atoms with Gasteiger partial charge in [0, 0.05) is 6.20 Å². The maximum Gasteiger partial charge on any atom is 0.230 e. The molecule has 0 aromatic carbocycles. The molecule has 0 aliphatic heterocycles.